The molecule has 1 aliphatic heterocycles. The van der Waals surface area contributed by atoms with Gasteiger partial charge in [0.25, 0.3) is 5.56 Å². The SMILES string of the molecule is [2H]c1c([2H])c(S(=O)(=O)N2C([2H])([2H])C([2H])([2H])N(C([2H])([2H])[2H])C([2H])([2H])C2([2H])[2H])c([2H])c(-c2nc3c(C([2H])([2H])C([2H])([2H])C([2H])([2H])[2H])nn(C([2H])([2H])[2H])c3c(=O)n2[2H])c1OC([2H])([2H])C([2H])([2H])[2H]. The molecule has 0 atom stereocenters. The lowest BCUT2D eigenvalue weighted by atomic mass is 10.1. The van der Waals surface area contributed by atoms with Crippen LogP contribution >= 0.6 is 0 Å². The summed E-state index contributed by atoms with van der Waals surface area (Å²) in [7, 11) is -6.74. The maximum Gasteiger partial charge on any atom is 0.277 e. The minimum Gasteiger partial charge on any atom is -0.493 e. The standard InChI is InChI=1S/C22H30N6O4S/c1-5-7-17-19-20(27(4)25-17)22(29)24-21(23-19)16-14-15(8-9-18(16)32-6-2)33(30,31)28-12-10-26(3)11-13-28/h8-9,14H,5-7,10-13H2,1-4H3,(H,23,24,29)/i1D3,2D3,3D3,4D3,5D2,6D2,7D2,8D,9D,10D2,11D2,12D2,13D2,14D/hD. The van der Waals surface area contributed by atoms with E-state index in [1.165, 1.54) is 0 Å². The zero-order chi connectivity index (χ0) is 49.8. The summed E-state index contributed by atoms with van der Waals surface area (Å²) in [6.45, 7) is -37.8. The van der Waals surface area contributed by atoms with Gasteiger partial charge in [-0.1, -0.05) is 13.2 Å². The molecule has 0 radical (unpaired) electrons. The van der Waals surface area contributed by atoms with E-state index in [9.17, 15) is 13.2 Å². The zero-order valence-electron chi connectivity index (χ0n) is 45.7. The number of aryl methyl sites for hydroxylation is 2. The number of nitrogens with one attached hydrogen (secondary N) is 1. The number of nitrogens with zero attached hydrogens (tertiary/aromatic N) is 5. The second-order valence-corrected chi connectivity index (χ2v) is 7.45. The first-order chi connectivity index (χ1) is 27.5. The smallest absolute Gasteiger partial charge is 0.277 e. The van der Waals surface area contributed by atoms with Gasteiger partial charge in [-0.25, -0.2) is 13.4 Å². The number of sulfonamides is 1. The summed E-state index contributed by atoms with van der Waals surface area (Å²) in [4.78, 5) is 13.8. The van der Waals surface area contributed by atoms with Crippen molar-refractivity contribution in [3.05, 3.63) is 34.2 Å². The van der Waals surface area contributed by atoms with Crippen LogP contribution in [0.3, 0.4) is 0 Å². The molecule has 0 spiro atoms. The maximum absolute atomic E-state index is 14.6. The normalized spacial score (nSPS) is 38.2. The summed E-state index contributed by atoms with van der Waals surface area (Å²) in [5, 5.41) is 3.37. The van der Waals surface area contributed by atoms with Gasteiger partial charge in [0.1, 0.15) is 17.1 Å². The Morgan fingerprint density at radius 3 is 2.88 bits per heavy atom. The number of aromatic amines is 1. The van der Waals surface area contributed by atoms with Crippen LogP contribution in [0.2, 0.25) is 1.41 Å². The van der Waals surface area contributed by atoms with E-state index < -0.39 is 160 Å². The number of fused-ring (bicyclic) bond motifs is 1. The van der Waals surface area contributed by atoms with Gasteiger partial charge in [-0.2, -0.15) is 9.40 Å². The average Bonchev–Trinajstić information content (AvgIpc) is 3.43. The topological polar surface area (TPSA) is 113 Å². The fourth-order valence-electron chi connectivity index (χ4n) is 2.49. The van der Waals surface area contributed by atoms with Crippen LogP contribution in [0.15, 0.2) is 27.8 Å². The second-order valence-electron chi connectivity index (χ2n) is 5.72. The van der Waals surface area contributed by atoms with Crippen molar-refractivity contribution < 1.29 is 54.3 Å². The lowest BCUT2D eigenvalue weighted by Crippen LogP contribution is -2.47. The fourth-order valence-corrected chi connectivity index (χ4v) is 3.41. The van der Waals surface area contributed by atoms with Crippen molar-refractivity contribution in [3.8, 4) is 17.1 Å². The predicted molar refractivity (Wildman–Crippen MR) is 126 cm³/mol. The van der Waals surface area contributed by atoms with E-state index in [-0.39, 0.29) is 4.68 Å². The Balaban J connectivity index is 2.35. The highest BCUT2D eigenvalue weighted by atomic mass is 32.2. The molecule has 1 fully saturated rings. The van der Waals surface area contributed by atoms with Crippen LogP contribution in [0.25, 0.3) is 22.4 Å². The minimum absolute atomic E-state index is 0.314. The molecule has 0 bridgehead atoms. The summed E-state index contributed by atoms with van der Waals surface area (Å²) < 4.78 is 275. The van der Waals surface area contributed by atoms with Gasteiger partial charge in [0, 0.05) is 65.9 Å². The maximum atomic E-state index is 14.6. The van der Waals surface area contributed by atoms with Crippen molar-refractivity contribution in [1.29, 1.82) is 0 Å². The lowest BCUT2D eigenvalue weighted by molar-refractivity contribution is 0.222. The van der Waals surface area contributed by atoms with Crippen LogP contribution in [0, 0.1) is 0 Å². The lowest BCUT2D eigenvalue weighted by Gasteiger charge is -2.31. The van der Waals surface area contributed by atoms with Crippen molar-refractivity contribution in [3.63, 3.8) is 0 Å². The Labute approximate surface area is 235 Å². The molecule has 0 unspecified atom stereocenters. The van der Waals surface area contributed by atoms with E-state index in [0.29, 0.717) is 0 Å². The van der Waals surface area contributed by atoms with E-state index in [1.54, 1.807) is 0 Å². The van der Waals surface area contributed by atoms with E-state index in [1.807, 2.05) is 0 Å². The highest BCUT2D eigenvalue weighted by Crippen LogP contribution is 2.32. The van der Waals surface area contributed by atoms with Gasteiger partial charge in [-0.3, -0.25) is 9.48 Å². The van der Waals surface area contributed by atoms with E-state index in [2.05, 4.69) is 10.1 Å². The van der Waals surface area contributed by atoms with Crippen LogP contribution < -0.4 is 10.3 Å². The van der Waals surface area contributed by atoms with Crippen LogP contribution in [0.5, 0.6) is 5.75 Å². The molecule has 1 N–H and O–H groups in total. The molecule has 0 saturated carbocycles. The van der Waals surface area contributed by atoms with Gasteiger partial charge >= 0.3 is 0 Å². The number of piperazine rings is 1. The van der Waals surface area contributed by atoms with Gasteiger partial charge in [-0.05, 0) is 38.3 Å². The van der Waals surface area contributed by atoms with Crippen molar-refractivity contribution in [2.45, 2.75) is 31.3 Å². The second kappa shape index (κ2) is 9.24. The molecule has 178 valence electrons. The third-order valence-electron chi connectivity index (χ3n) is 3.83. The van der Waals surface area contributed by atoms with Crippen LogP contribution in [0.1, 0.15) is 65.5 Å². The summed E-state index contributed by atoms with van der Waals surface area (Å²) >= 11 is 0. The summed E-state index contributed by atoms with van der Waals surface area (Å²) in [5.41, 5.74) is -8.50. The monoisotopic (exact) mass is 504 g/mol. The van der Waals surface area contributed by atoms with Crippen LogP contribution in [-0.2, 0) is 23.4 Å². The Kier molecular flexibility index (Phi) is 1.81. The number of rotatable bonds is 7. The molecular formula is C22H30N6O4S. The van der Waals surface area contributed by atoms with Gasteiger partial charge in [0.2, 0.25) is 10.0 Å². The Hall–Kier alpha value is -2.76. The third kappa shape index (κ3) is 4.40. The molecule has 11 heteroatoms. The molecule has 0 aliphatic carbocycles. The number of H-pyrrole nitrogens is 1. The number of hydrogen-bond acceptors (Lipinski definition) is 7. The van der Waals surface area contributed by atoms with Crippen LogP contribution in [0.4, 0.5) is 0 Å². The van der Waals surface area contributed by atoms with Gasteiger partial charge in [-0.15, -0.1) is 0 Å². The zero-order valence-corrected chi connectivity index (χ0v) is 16.5. The molecule has 1 aliphatic rings. The number of aromatic nitrogens is 4. The molecule has 2 aromatic heterocycles. The predicted octanol–water partition coefficient (Wildman–Crippen LogP) is 1.61. The van der Waals surface area contributed by atoms with Crippen molar-refractivity contribution in [2.75, 3.05) is 39.5 Å². The number of benzene rings is 1. The minimum atomic E-state index is -6.74. The highest BCUT2D eigenvalue weighted by molar-refractivity contribution is 7.89. The molecule has 0 amide bonds. The van der Waals surface area contributed by atoms with Crippen molar-refractivity contribution in [2.24, 2.45) is 6.98 Å². The van der Waals surface area contributed by atoms with Gasteiger partial charge in [0.15, 0.2) is 6.93 Å². The molecule has 3 aromatic rings. The molecule has 1 aromatic carbocycles. The van der Waals surface area contributed by atoms with Gasteiger partial charge in [0.05, 0.1) is 29.6 Å². The van der Waals surface area contributed by atoms with Crippen molar-refractivity contribution >= 4 is 21.1 Å². The van der Waals surface area contributed by atoms with Crippen molar-refractivity contribution in [1.82, 2.24) is 28.9 Å². The van der Waals surface area contributed by atoms with Gasteiger partial charge < -0.3 is 14.6 Å². The Bertz CT molecular complexity index is 2500. The van der Waals surface area contributed by atoms with E-state index in [4.69, 9.17) is 45.9 Å². The Morgan fingerprint density at radius 1 is 1.30 bits per heavy atom. The Morgan fingerprint density at radius 2 is 2.15 bits per heavy atom. The molecule has 4 rings (SSSR count). The summed E-state index contributed by atoms with van der Waals surface area (Å²) in [6.07, 6.45) is -8.13. The summed E-state index contributed by atoms with van der Waals surface area (Å²) in [5.74, 6) is -3.59. The number of hydrogen-bond donors (Lipinski definition) is 1. The first kappa shape index (κ1) is 6.46. The highest BCUT2D eigenvalue weighted by Gasteiger charge is 2.29. The largest absolute Gasteiger partial charge is 0.493 e. The average molecular weight is 505 g/mol. The number of likely N-dealkylation sites (N-methyl/N-ethyl adjacent to an activating group) is 1. The third-order valence-corrected chi connectivity index (χ3v) is 5.21. The first-order valence-corrected chi connectivity index (χ1v) is 9.66. The van der Waals surface area contributed by atoms with E-state index in [0.717, 1.165) is 0 Å². The van der Waals surface area contributed by atoms with Crippen LogP contribution in [-0.4, -0.2) is 76.9 Å². The molecule has 33 heavy (non-hydrogen) atoms. The molecule has 10 nitrogen and oxygen atoms in total. The molecule has 1 saturated heterocycles. The molecule has 3 heterocycles. The number of ether oxygens (including phenoxy) is 1. The van der Waals surface area contributed by atoms with E-state index >= 15 is 0 Å². The summed E-state index contributed by atoms with van der Waals surface area (Å²) in [6, 6.07) is -6.02. The molecular weight excluding hydrogens is 444 g/mol. The fraction of sp³-hybridized carbons (Fsp3) is 0.500. The first-order valence-electron chi connectivity index (χ1n) is 23.2. The quantitative estimate of drug-likeness (QED) is 0.520.